The Morgan fingerprint density at radius 1 is 1.18 bits per heavy atom. The van der Waals surface area contributed by atoms with E-state index in [1.165, 1.54) is 6.07 Å². The molecule has 0 aliphatic rings. The number of hydrogen-bond acceptors (Lipinski definition) is 4. The van der Waals surface area contributed by atoms with Gasteiger partial charge in [-0.15, -0.1) is 0 Å². The average Bonchev–Trinajstić information content (AvgIpc) is 2.28. The third-order valence-corrected chi connectivity index (χ3v) is 1.91. The highest BCUT2D eigenvalue weighted by Gasteiger charge is 2.19. The minimum absolute atomic E-state index is 0.0769. The van der Waals surface area contributed by atoms with Gasteiger partial charge in [-0.1, -0.05) is 0 Å². The summed E-state index contributed by atoms with van der Waals surface area (Å²) in [5.74, 6) is -2.31. The molecule has 0 aliphatic heterocycles. The van der Waals surface area contributed by atoms with Gasteiger partial charge in [-0.3, -0.25) is 4.79 Å². The fraction of sp³-hybridized carbons (Fsp3) is 0.333. The molecule has 0 saturated carbocycles. The van der Waals surface area contributed by atoms with Crippen LogP contribution in [0.15, 0.2) is 18.2 Å². The van der Waals surface area contributed by atoms with Crippen molar-refractivity contribution in [1.29, 1.82) is 0 Å². The van der Waals surface area contributed by atoms with Gasteiger partial charge in [0.05, 0.1) is 13.2 Å². The van der Waals surface area contributed by atoms with Crippen molar-refractivity contribution in [2.45, 2.75) is 13.8 Å². The summed E-state index contributed by atoms with van der Waals surface area (Å²) < 4.78 is 22.8. The molecule has 4 nitrogen and oxygen atoms in total. The summed E-state index contributed by atoms with van der Waals surface area (Å²) in [5, 5.41) is 0. The van der Waals surface area contributed by atoms with Crippen LogP contribution in [0.4, 0.5) is 4.39 Å². The Bertz CT molecular complexity index is 429. The number of ketones is 1. The Kier molecular flexibility index (Phi) is 4.63. The number of rotatable bonds is 5. The fourth-order valence-electron chi connectivity index (χ4n) is 1.26. The van der Waals surface area contributed by atoms with Crippen LogP contribution in [0.5, 0.6) is 5.75 Å². The van der Waals surface area contributed by atoms with E-state index in [1.807, 2.05) is 0 Å². The molecule has 0 spiro atoms. The Labute approximate surface area is 98.3 Å². The highest BCUT2D eigenvalue weighted by Crippen LogP contribution is 2.17. The summed E-state index contributed by atoms with van der Waals surface area (Å²) in [6.07, 6.45) is 0. The van der Waals surface area contributed by atoms with Gasteiger partial charge in [0, 0.05) is 11.6 Å². The molecule has 0 amide bonds. The predicted molar refractivity (Wildman–Crippen MR) is 58.5 cm³/mol. The zero-order valence-corrected chi connectivity index (χ0v) is 9.66. The van der Waals surface area contributed by atoms with Crippen LogP contribution in [-0.2, 0) is 9.53 Å². The molecule has 0 unspecified atom stereocenters. The molecule has 92 valence electrons. The molecule has 0 saturated heterocycles. The van der Waals surface area contributed by atoms with Gasteiger partial charge in [0.2, 0.25) is 0 Å². The first kappa shape index (κ1) is 13.2. The van der Waals surface area contributed by atoms with Crippen molar-refractivity contribution < 1.29 is 23.5 Å². The SMILES string of the molecule is CCOC(=O)C(=O)c1cc(F)cc(OCC)c1. The zero-order valence-electron chi connectivity index (χ0n) is 9.66. The maximum absolute atomic E-state index is 13.2. The van der Waals surface area contributed by atoms with Gasteiger partial charge < -0.3 is 9.47 Å². The standard InChI is InChI=1S/C12H13FO4/c1-3-16-10-6-8(5-9(13)7-10)11(14)12(15)17-4-2/h5-7H,3-4H2,1-2H3. The van der Waals surface area contributed by atoms with Crippen molar-refractivity contribution in [3.8, 4) is 5.75 Å². The van der Waals surface area contributed by atoms with Gasteiger partial charge in [0.1, 0.15) is 11.6 Å². The summed E-state index contributed by atoms with van der Waals surface area (Å²) in [7, 11) is 0. The number of ether oxygens (including phenoxy) is 2. The van der Waals surface area contributed by atoms with Crippen molar-refractivity contribution in [2.24, 2.45) is 0 Å². The van der Waals surface area contributed by atoms with Crippen molar-refractivity contribution in [2.75, 3.05) is 13.2 Å². The third-order valence-electron chi connectivity index (χ3n) is 1.91. The number of carbonyl (C=O) groups excluding carboxylic acids is 2. The topological polar surface area (TPSA) is 52.6 Å². The van der Waals surface area contributed by atoms with E-state index in [1.54, 1.807) is 13.8 Å². The lowest BCUT2D eigenvalue weighted by Gasteiger charge is -2.06. The highest BCUT2D eigenvalue weighted by molar-refractivity contribution is 6.40. The maximum Gasteiger partial charge on any atom is 0.379 e. The highest BCUT2D eigenvalue weighted by atomic mass is 19.1. The predicted octanol–water partition coefficient (Wildman–Crippen LogP) is 1.97. The van der Waals surface area contributed by atoms with Crippen molar-refractivity contribution in [3.05, 3.63) is 29.6 Å². The van der Waals surface area contributed by atoms with Crippen LogP contribution in [0.2, 0.25) is 0 Å². The Morgan fingerprint density at radius 3 is 2.47 bits per heavy atom. The molecule has 0 N–H and O–H groups in total. The van der Waals surface area contributed by atoms with E-state index in [9.17, 15) is 14.0 Å². The number of carbonyl (C=O) groups is 2. The number of Topliss-reactive ketones (excluding diaryl/α,β-unsaturated/α-hetero) is 1. The largest absolute Gasteiger partial charge is 0.494 e. The summed E-state index contributed by atoms with van der Waals surface area (Å²) in [6, 6.07) is 3.43. The molecule has 0 bridgehead atoms. The molecule has 0 aliphatic carbocycles. The van der Waals surface area contributed by atoms with Crippen LogP contribution < -0.4 is 4.74 Å². The lowest BCUT2D eigenvalue weighted by molar-refractivity contribution is -0.137. The fourth-order valence-corrected chi connectivity index (χ4v) is 1.26. The Balaban J connectivity index is 2.97. The van der Waals surface area contributed by atoms with E-state index >= 15 is 0 Å². The van der Waals surface area contributed by atoms with E-state index in [0.29, 0.717) is 6.61 Å². The smallest absolute Gasteiger partial charge is 0.379 e. The Morgan fingerprint density at radius 2 is 1.88 bits per heavy atom. The van der Waals surface area contributed by atoms with E-state index in [2.05, 4.69) is 4.74 Å². The monoisotopic (exact) mass is 240 g/mol. The molecule has 0 atom stereocenters. The lowest BCUT2D eigenvalue weighted by Crippen LogP contribution is -2.17. The molecular weight excluding hydrogens is 227 g/mol. The normalized spacial score (nSPS) is 9.82. The van der Waals surface area contributed by atoms with E-state index in [4.69, 9.17) is 4.74 Å². The molecule has 1 aromatic rings. The minimum atomic E-state index is -0.999. The van der Waals surface area contributed by atoms with Crippen LogP contribution in [0.3, 0.4) is 0 Å². The average molecular weight is 240 g/mol. The van der Waals surface area contributed by atoms with Gasteiger partial charge in [-0.25, -0.2) is 9.18 Å². The molecule has 17 heavy (non-hydrogen) atoms. The second-order valence-electron chi connectivity index (χ2n) is 3.16. The molecule has 5 heteroatoms. The first-order chi connectivity index (χ1) is 8.08. The number of esters is 1. The summed E-state index contributed by atoms with van der Waals surface area (Å²) in [5.41, 5.74) is -0.0769. The molecule has 1 rings (SSSR count). The molecular formula is C12H13FO4. The summed E-state index contributed by atoms with van der Waals surface area (Å²) in [4.78, 5) is 22.7. The van der Waals surface area contributed by atoms with Crippen molar-refractivity contribution in [1.82, 2.24) is 0 Å². The third kappa shape index (κ3) is 3.55. The van der Waals surface area contributed by atoms with Crippen LogP contribution in [0.1, 0.15) is 24.2 Å². The van der Waals surface area contributed by atoms with E-state index in [-0.39, 0.29) is 17.9 Å². The first-order valence-corrected chi connectivity index (χ1v) is 5.23. The van der Waals surface area contributed by atoms with Crippen molar-refractivity contribution in [3.63, 3.8) is 0 Å². The number of benzene rings is 1. The molecule has 0 radical (unpaired) electrons. The van der Waals surface area contributed by atoms with Crippen LogP contribution in [0.25, 0.3) is 0 Å². The Hall–Kier alpha value is -1.91. The molecule has 1 aromatic carbocycles. The van der Waals surface area contributed by atoms with Gasteiger partial charge >= 0.3 is 5.97 Å². The van der Waals surface area contributed by atoms with Crippen LogP contribution >= 0.6 is 0 Å². The first-order valence-electron chi connectivity index (χ1n) is 5.23. The maximum atomic E-state index is 13.2. The molecule has 0 aromatic heterocycles. The zero-order chi connectivity index (χ0) is 12.8. The minimum Gasteiger partial charge on any atom is -0.494 e. The number of hydrogen-bond donors (Lipinski definition) is 0. The lowest BCUT2D eigenvalue weighted by atomic mass is 10.1. The van der Waals surface area contributed by atoms with E-state index < -0.39 is 17.6 Å². The van der Waals surface area contributed by atoms with Gasteiger partial charge in [-0.05, 0) is 26.0 Å². The van der Waals surface area contributed by atoms with Crippen LogP contribution in [0, 0.1) is 5.82 Å². The quantitative estimate of drug-likeness (QED) is 0.448. The van der Waals surface area contributed by atoms with Gasteiger partial charge in [0.25, 0.3) is 5.78 Å². The van der Waals surface area contributed by atoms with E-state index in [0.717, 1.165) is 12.1 Å². The van der Waals surface area contributed by atoms with Gasteiger partial charge in [0.15, 0.2) is 0 Å². The second kappa shape index (κ2) is 5.98. The second-order valence-corrected chi connectivity index (χ2v) is 3.16. The van der Waals surface area contributed by atoms with Crippen LogP contribution in [-0.4, -0.2) is 25.0 Å². The number of halogens is 1. The molecule has 0 heterocycles. The van der Waals surface area contributed by atoms with Crippen molar-refractivity contribution >= 4 is 11.8 Å². The summed E-state index contributed by atoms with van der Waals surface area (Å²) >= 11 is 0. The van der Waals surface area contributed by atoms with Gasteiger partial charge in [-0.2, -0.15) is 0 Å². The molecule has 0 fully saturated rings. The summed E-state index contributed by atoms with van der Waals surface area (Å²) in [6.45, 7) is 3.76.